The van der Waals surface area contributed by atoms with Crippen LogP contribution in [-0.4, -0.2) is 71.3 Å². The summed E-state index contributed by atoms with van der Waals surface area (Å²) in [4.78, 5) is 109. The Morgan fingerprint density at radius 2 is 0.947 bits per heavy atom. The summed E-state index contributed by atoms with van der Waals surface area (Å²) in [6.45, 7) is 8.59. The number of aliphatic carboxylic acids is 1. The number of esters is 2. The molecule has 7 N–H and O–H groups in total. The minimum absolute atomic E-state index is 0.0261. The molecule has 3 amide bonds. The number of nitrogen functional groups attached to an aromatic ring is 1. The van der Waals surface area contributed by atoms with Crippen LogP contribution in [0.2, 0.25) is 0 Å². The number of rotatable bonds is 32. The molecule has 2 aliphatic heterocycles. The van der Waals surface area contributed by atoms with Gasteiger partial charge < -0.3 is 20.9 Å². The standard InChI is InChI=1S/C28H32FN3O4.C28H30FN3O3.C15H12FN3O.C13H20O3.C7H8/c1-2-3-4-5-6-7-8-11-20(28(35)36)18-26(33)30-25-17-19(14-15-23(25)29)16-24-21-12-9-10-13-22(21)27(34)32-31-24;1-2-3-4-5-6-7-8-11-20-18-26(33)32(28(20)35)25-17-19(14-15-23(25)29)16-24-21-12-9-10-13-22(21)27(34)31-30-24;16-12-6-5-9(7-13(12)17)8-14-10-3-1-2-4-11(10)15(20)19-18-14;1-2-3-4-5-6-7-8-9-11-10-12(14)16-13(11)15;1-7-5-3-2-4-6-7/h7-10,12-15,17,20H,2-6,11,16,18H2,1H3,(H,30,33)(H,32,34)(H,35,36);7-10,12-15,17,20H,2-6,11,16,18H2,1H3,(H,31,34);1-7H,8,17H2,(H,19,20);7-8,11H,2-6,9-10H2,1H3;2-6H,1H3/b2*8-7+;;;. The third kappa shape index (κ3) is 27.1. The number of H-pyrrole nitrogens is 3. The van der Waals surface area contributed by atoms with Crippen molar-refractivity contribution in [2.45, 2.75) is 182 Å². The molecule has 3 unspecified atom stereocenters. The van der Waals surface area contributed by atoms with E-state index in [0.29, 0.717) is 81.5 Å². The normalized spacial score (nSPS) is 14.1. The number of allylic oxidation sites excluding steroid dienone is 6. The predicted octanol–water partition coefficient (Wildman–Crippen LogP) is 18.3. The number of nitrogens with two attached hydrogens (primary N) is 1. The van der Waals surface area contributed by atoms with Gasteiger partial charge in [0, 0.05) is 48.3 Å². The number of carboxylic acid groups (broad SMARTS) is 1. The maximum Gasteiger partial charge on any atom is 0.317 e. The van der Waals surface area contributed by atoms with Gasteiger partial charge in [0.1, 0.15) is 17.5 Å². The van der Waals surface area contributed by atoms with Crippen LogP contribution in [0.15, 0.2) is 209 Å². The van der Waals surface area contributed by atoms with Crippen LogP contribution >= 0.6 is 0 Å². The molecule has 0 radical (unpaired) electrons. The fraction of sp³-hybridized carbons (Fsp3) is 0.341. The van der Waals surface area contributed by atoms with Crippen molar-refractivity contribution in [3.8, 4) is 0 Å². The summed E-state index contributed by atoms with van der Waals surface area (Å²) in [7, 11) is 0. The monoisotopic (exact) mass is 1550 g/mol. The number of hydrogen-bond acceptors (Lipinski definition) is 14. The van der Waals surface area contributed by atoms with Crippen LogP contribution < -0.4 is 32.6 Å². The maximum absolute atomic E-state index is 14.8. The molecule has 0 bridgehead atoms. The zero-order chi connectivity index (χ0) is 81.7. The van der Waals surface area contributed by atoms with Gasteiger partial charge in [-0.15, -0.1) is 0 Å². The van der Waals surface area contributed by atoms with Crippen LogP contribution in [0.25, 0.3) is 32.3 Å². The Morgan fingerprint density at radius 1 is 0.518 bits per heavy atom. The molecule has 12 rings (SSSR count). The number of anilines is 3. The predicted molar refractivity (Wildman–Crippen MR) is 442 cm³/mol. The van der Waals surface area contributed by atoms with Crippen molar-refractivity contribution in [2.24, 2.45) is 17.8 Å². The van der Waals surface area contributed by atoms with Gasteiger partial charge in [-0.3, -0.25) is 43.2 Å². The molecule has 7 aromatic carbocycles. The van der Waals surface area contributed by atoms with Crippen LogP contribution in [0.1, 0.15) is 195 Å². The first-order chi connectivity index (χ1) is 55.2. The zero-order valence-corrected chi connectivity index (χ0v) is 65.2. The Hall–Kier alpha value is -12.0. The number of aromatic nitrogens is 6. The molecule has 3 aromatic heterocycles. The number of aromatic amines is 3. The van der Waals surface area contributed by atoms with Gasteiger partial charge in [-0.2, -0.15) is 15.3 Å². The number of cyclic esters (lactones) is 2. The minimum Gasteiger partial charge on any atom is -0.481 e. The molecule has 10 aromatic rings. The van der Waals surface area contributed by atoms with Crippen molar-refractivity contribution in [1.29, 1.82) is 0 Å². The highest BCUT2D eigenvalue weighted by Gasteiger charge is 2.40. The molecule has 5 heterocycles. The van der Waals surface area contributed by atoms with E-state index in [1.54, 1.807) is 72.8 Å². The summed E-state index contributed by atoms with van der Waals surface area (Å²) >= 11 is 0. The molecular weight excluding hydrogens is 1450 g/mol. The lowest BCUT2D eigenvalue weighted by Gasteiger charge is -2.17. The first-order valence-electron chi connectivity index (χ1n) is 39.3. The molecule has 23 heteroatoms. The van der Waals surface area contributed by atoms with Crippen LogP contribution in [0.3, 0.4) is 0 Å². The number of unbranched alkanes of at least 4 members (excludes halogenated alkanes) is 12. The first kappa shape index (κ1) is 87.6. The van der Waals surface area contributed by atoms with E-state index >= 15 is 0 Å². The van der Waals surface area contributed by atoms with Gasteiger partial charge in [-0.1, -0.05) is 224 Å². The number of hydrogen-bond donors (Lipinski definition) is 6. The fourth-order valence-corrected chi connectivity index (χ4v) is 13.1. The Bertz CT molecular complexity index is 5170. The van der Waals surface area contributed by atoms with E-state index in [2.05, 4.69) is 92.6 Å². The number of carbonyl (C=O) groups excluding carboxylic acids is 5. The Balaban J connectivity index is 0.000000192. The van der Waals surface area contributed by atoms with E-state index in [9.17, 15) is 61.4 Å². The lowest BCUT2D eigenvalue weighted by molar-refractivity contribution is -0.153. The number of aryl methyl sites for hydroxylation is 1. The Kier molecular flexibility index (Phi) is 35.4. The SMILES string of the molecule is CCCCCC/C=C/CC(CC(=O)Nc1cc(Cc2n[nH]c(=O)c3ccccc23)ccc1F)C(=O)O.CCCCCC/C=C/CC1CC(=O)N(c2cc(Cc3n[nH]c(=O)c4ccccc34)ccc2F)C1=O.CCCCCCC=CCC1CC(=O)OC1=O.Cc1ccccc1.Nc1cc(Cc2n[nH]c(=O)c3ccccc23)ccc1F. The summed E-state index contributed by atoms with van der Waals surface area (Å²) in [6, 6.07) is 45.0. The first-order valence-corrected chi connectivity index (χ1v) is 39.3. The highest BCUT2D eigenvalue weighted by Crippen LogP contribution is 2.33. The van der Waals surface area contributed by atoms with E-state index in [1.807, 2.05) is 66.8 Å². The van der Waals surface area contributed by atoms with Crippen molar-refractivity contribution in [3.05, 3.63) is 282 Å². The average Bonchev–Trinajstić information content (AvgIpc) is 1.60. The largest absolute Gasteiger partial charge is 0.481 e. The molecule has 3 atom stereocenters. The third-order valence-electron chi connectivity index (χ3n) is 19.4. The van der Waals surface area contributed by atoms with Gasteiger partial charge in [0.05, 0.1) is 74.5 Å². The Labute approximate surface area is 661 Å². The van der Waals surface area contributed by atoms with E-state index in [4.69, 9.17) is 5.73 Å². The van der Waals surface area contributed by atoms with Gasteiger partial charge in [0.15, 0.2) is 0 Å². The quantitative estimate of drug-likeness (QED) is 0.00570. The summed E-state index contributed by atoms with van der Waals surface area (Å²) in [5.41, 5.74) is 10.3. The van der Waals surface area contributed by atoms with Crippen molar-refractivity contribution in [2.75, 3.05) is 16.0 Å². The molecule has 2 aliphatic rings. The number of amides is 3. The third-order valence-corrected chi connectivity index (χ3v) is 19.4. The number of fused-ring (bicyclic) bond motifs is 3. The molecule has 0 spiro atoms. The molecule has 0 aliphatic carbocycles. The molecular formula is C91H102F3N9O11. The molecule has 598 valence electrons. The minimum atomic E-state index is -1.06. The van der Waals surface area contributed by atoms with Crippen molar-refractivity contribution >= 4 is 85.0 Å². The lowest BCUT2D eigenvalue weighted by Crippen LogP contribution is -2.31. The van der Waals surface area contributed by atoms with Crippen LogP contribution in [0.4, 0.5) is 30.2 Å². The maximum atomic E-state index is 14.8. The molecule has 2 saturated heterocycles. The average molecular weight is 1550 g/mol. The highest BCUT2D eigenvalue weighted by molar-refractivity contribution is 6.21. The van der Waals surface area contributed by atoms with Gasteiger partial charge in [-0.25, -0.2) is 33.4 Å². The topological polar surface area (TPSA) is 310 Å². The van der Waals surface area contributed by atoms with Gasteiger partial charge in [-0.05, 0) is 136 Å². The fourth-order valence-electron chi connectivity index (χ4n) is 13.1. The molecule has 20 nitrogen and oxygen atoms in total. The number of ether oxygens (including phenoxy) is 1. The van der Waals surface area contributed by atoms with Gasteiger partial charge >= 0.3 is 17.9 Å². The van der Waals surface area contributed by atoms with Crippen molar-refractivity contribution in [3.63, 3.8) is 0 Å². The Morgan fingerprint density at radius 3 is 1.39 bits per heavy atom. The number of carboxylic acids is 1. The van der Waals surface area contributed by atoms with Gasteiger partial charge in [0.2, 0.25) is 17.7 Å². The summed E-state index contributed by atoms with van der Waals surface area (Å²) in [5, 5.41) is 35.7. The summed E-state index contributed by atoms with van der Waals surface area (Å²) < 4.78 is 46.8. The second-order valence-electron chi connectivity index (χ2n) is 28.4. The van der Waals surface area contributed by atoms with E-state index in [1.165, 1.54) is 87.3 Å². The number of carbonyl (C=O) groups is 6. The number of halogens is 3. The highest BCUT2D eigenvalue weighted by atomic mass is 19.1. The van der Waals surface area contributed by atoms with Crippen LogP contribution in [-0.2, 0) is 52.8 Å². The molecule has 2 fully saturated rings. The number of nitrogens with one attached hydrogen (secondary N) is 4. The summed E-state index contributed by atoms with van der Waals surface area (Å²) in [6.07, 6.45) is 31.6. The van der Waals surface area contributed by atoms with Crippen LogP contribution in [0.5, 0.6) is 0 Å². The van der Waals surface area contributed by atoms with Gasteiger partial charge in [0.25, 0.3) is 16.7 Å². The van der Waals surface area contributed by atoms with Crippen molar-refractivity contribution in [1.82, 2.24) is 30.6 Å². The van der Waals surface area contributed by atoms with Crippen LogP contribution in [0, 0.1) is 42.1 Å². The summed E-state index contributed by atoms with van der Waals surface area (Å²) in [5.74, 6) is -6.41. The molecule has 114 heavy (non-hydrogen) atoms. The van der Waals surface area contributed by atoms with E-state index < -0.39 is 41.2 Å². The zero-order valence-electron chi connectivity index (χ0n) is 65.2. The van der Waals surface area contributed by atoms with E-state index in [-0.39, 0.29) is 89.1 Å². The second-order valence-corrected chi connectivity index (χ2v) is 28.4. The number of imide groups is 1. The number of nitrogens with zero attached hydrogens (tertiary/aromatic N) is 4. The second kappa shape index (κ2) is 46.1. The van der Waals surface area contributed by atoms with E-state index in [0.717, 1.165) is 66.5 Å². The van der Waals surface area contributed by atoms with Crippen molar-refractivity contribution < 1.29 is 51.8 Å². The smallest absolute Gasteiger partial charge is 0.317 e. The lowest BCUT2D eigenvalue weighted by atomic mass is 10.00. The number of benzene rings is 7. The molecule has 0 saturated carbocycles.